The summed E-state index contributed by atoms with van der Waals surface area (Å²) >= 11 is 1.76. The third kappa shape index (κ3) is 3.97. The summed E-state index contributed by atoms with van der Waals surface area (Å²) in [6.45, 7) is 5.11. The van der Waals surface area contributed by atoms with Crippen LogP contribution < -0.4 is 5.32 Å². The first-order chi connectivity index (χ1) is 12.5. The monoisotopic (exact) mass is 372 g/mol. The highest BCUT2D eigenvalue weighted by atomic mass is 32.1. The molecule has 1 unspecified atom stereocenters. The third-order valence-electron chi connectivity index (χ3n) is 4.81. The summed E-state index contributed by atoms with van der Waals surface area (Å²) in [7, 11) is 1.58. The first-order valence-electron chi connectivity index (χ1n) is 8.76. The number of ether oxygens (including phenoxy) is 1. The number of anilines is 1. The molecule has 2 aromatic rings. The van der Waals surface area contributed by atoms with Crippen LogP contribution in [0.1, 0.15) is 39.7 Å². The maximum atomic E-state index is 13.0. The van der Waals surface area contributed by atoms with Crippen molar-refractivity contribution in [1.82, 2.24) is 4.90 Å². The summed E-state index contributed by atoms with van der Waals surface area (Å²) in [6.07, 6.45) is 1.04. The minimum atomic E-state index is -0.145. The molecule has 138 valence electrons. The van der Waals surface area contributed by atoms with Crippen molar-refractivity contribution in [3.63, 3.8) is 0 Å². The second-order valence-electron chi connectivity index (χ2n) is 6.62. The average Bonchev–Trinajstić information content (AvgIpc) is 3.10. The molecule has 2 amide bonds. The van der Waals surface area contributed by atoms with E-state index in [4.69, 9.17) is 4.74 Å². The second kappa shape index (κ2) is 8.01. The van der Waals surface area contributed by atoms with E-state index in [0.29, 0.717) is 17.8 Å². The lowest BCUT2D eigenvalue weighted by Gasteiger charge is -2.28. The molecule has 0 aliphatic carbocycles. The number of amides is 2. The molecule has 2 heterocycles. The maximum Gasteiger partial charge on any atom is 0.254 e. The zero-order valence-electron chi connectivity index (χ0n) is 15.4. The highest BCUT2D eigenvalue weighted by Gasteiger charge is 2.24. The normalized spacial score (nSPS) is 14.7. The van der Waals surface area contributed by atoms with Crippen molar-refractivity contribution in [2.45, 2.75) is 39.3 Å². The van der Waals surface area contributed by atoms with E-state index in [1.165, 1.54) is 10.4 Å². The molecule has 0 spiro atoms. The predicted octanol–water partition coefficient (Wildman–Crippen LogP) is 3.62. The van der Waals surface area contributed by atoms with Gasteiger partial charge in [-0.3, -0.25) is 9.59 Å². The SMILES string of the molecule is COC(C)CC(=O)Nc1cccc(C(=O)N2CCc3sccc3C2)c1C. The van der Waals surface area contributed by atoms with Crippen LogP contribution >= 0.6 is 11.3 Å². The largest absolute Gasteiger partial charge is 0.381 e. The van der Waals surface area contributed by atoms with Crippen molar-refractivity contribution in [2.75, 3.05) is 19.0 Å². The summed E-state index contributed by atoms with van der Waals surface area (Å²) in [5.41, 5.74) is 3.36. The Bertz CT molecular complexity index is 815. The zero-order chi connectivity index (χ0) is 18.7. The fourth-order valence-corrected chi connectivity index (χ4v) is 4.03. The van der Waals surface area contributed by atoms with Gasteiger partial charge in [-0.25, -0.2) is 0 Å². The summed E-state index contributed by atoms with van der Waals surface area (Å²) in [5, 5.41) is 4.98. The number of carbonyl (C=O) groups excluding carboxylic acids is 2. The Kier molecular flexibility index (Phi) is 5.74. The van der Waals surface area contributed by atoms with E-state index in [2.05, 4.69) is 16.8 Å². The summed E-state index contributed by atoms with van der Waals surface area (Å²) in [4.78, 5) is 28.4. The molecule has 6 heteroatoms. The molecule has 0 radical (unpaired) electrons. The standard InChI is InChI=1S/C20H24N2O3S/c1-13(25-3)11-19(23)21-17-6-4-5-16(14(17)2)20(24)22-9-7-18-15(12-22)8-10-26-18/h4-6,8,10,13H,7,9,11-12H2,1-3H3,(H,21,23). The van der Waals surface area contributed by atoms with Gasteiger partial charge in [-0.1, -0.05) is 6.07 Å². The van der Waals surface area contributed by atoms with Crippen LogP contribution in [0.15, 0.2) is 29.6 Å². The topological polar surface area (TPSA) is 58.6 Å². The fourth-order valence-electron chi connectivity index (χ4n) is 3.14. The van der Waals surface area contributed by atoms with Crippen molar-refractivity contribution in [1.29, 1.82) is 0 Å². The van der Waals surface area contributed by atoms with Crippen LogP contribution in [0, 0.1) is 6.92 Å². The van der Waals surface area contributed by atoms with Crippen molar-refractivity contribution in [3.8, 4) is 0 Å². The molecule has 5 nitrogen and oxygen atoms in total. The van der Waals surface area contributed by atoms with E-state index >= 15 is 0 Å². The Morgan fingerprint density at radius 1 is 1.35 bits per heavy atom. The maximum absolute atomic E-state index is 13.0. The molecule has 1 aliphatic rings. The third-order valence-corrected chi connectivity index (χ3v) is 5.83. The van der Waals surface area contributed by atoms with Gasteiger partial charge in [0, 0.05) is 36.3 Å². The van der Waals surface area contributed by atoms with Crippen LogP contribution in [0.25, 0.3) is 0 Å². The van der Waals surface area contributed by atoms with Gasteiger partial charge >= 0.3 is 0 Å². The molecule has 0 bridgehead atoms. The van der Waals surface area contributed by atoms with Crippen molar-refractivity contribution in [3.05, 3.63) is 51.2 Å². The van der Waals surface area contributed by atoms with Crippen LogP contribution in [0.4, 0.5) is 5.69 Å². The van der Waals surface area contributed by atoms with E-state index in [-0.39, 0.29) is 24.3 Å². The van der Waals surface area contributed by atoms with Crippen LogP contribution in [-0.4, -0.2) is 36.5 Å². The summed E-state index contributed by atoms with van der Waals surface area (Å²) < 4.78 is 5.13. The molecule has 3 rings (SSSR count). The molecule has 1 aromatic carbocycles. The van der Waals surface area contributed by atoms with E-state index in [9.17, 15) is 9.59 Å². The Morgan fingerprint density at radius 3 is 2.92 bits per heavy atom. The van der Waals surface area contributed by atoms with Crippen molar-refractivity contribution < 1.29 is 14.3 Å². The van der Waals surface area contributed by atoms with Crippen LogP contribution in [-0.2, 0) is 22.5 Å². The number of fused-ring (bicyclic) bond motifs is 1. The summed E-state index contributed by atoms with van der Waals surface area (Å²) in [5.74, 6) is -0.103. The van der Waals surface area contributed by atoms with E-state index < -0.39 is 0 Å². The van der Waals surface area contributed by atoms with Gasteiger partial charge < -0.3 is 15.0 Å². The van der Waals surface area contributed by atoms with E-state index in [1.54, 1.807) is 18.4 Å². The van der Waals surface area contributed by atoms with Gasteiger partial charge in [-0.15, -0.1) is 11.3 Å². The van der Waals surface area contributed by atoms with Crippen LogP contribution in [0.5, 0.6) is 0 Å². The number of rotatable bonds is 5. The van der Waals surface area contributed by atoms with E-state index in [1.807, 2.05) is 36.9 Å². The number of benzene rings is 1. The average molecular weight is 372 g/mol. The molecular formula is C20H24N2O3S. The highest BCUT2D eigenvalue weighted by Crippen LogP contribution is 2.27. The Hall–Kier alpha value is -2.18. The second-order valence-corrected chi connectivity index (χ2v) is 7.62. The van der Waals surface area contributed by atoms with Gasteiger partial charge in [0.05, 0.1) is 12.5 Å². The predicted molar refractivity (Wildman–Crippen MR) is 104 cm³/mol. The quantitative estimate of drug-likeness (QED) is 0.872. The number of thiophene rings is 1. The molecule has 1 atom stereocenters. The smallest absolute Gasteiger partial charge is 0.254 e. The van der Waals surface area contributed by atoms with Crippen molar-refractivity contribution in [2.24, 2.45) is 0 Å². The lowest BCUT2D eigenvalue weighted by atomic mass is 10.0. The lowest BCUT2D eigenvalue weighted by Crippen LogP contribution is -2.35. The number of nitrogens with one attached hydrogen (secondary N) is 1. The van der Waals surface area contributed by atoms with Gasteiger partial charge in [-0.2, -0.15) is 0 Å². The highest BCUT2D eigenvalue weighted by molar-refractivity contribution is 7.10. The zero-order valence-corrected chi connectivity index (χ0v) is 16.2. The Balaban J connectivity index is 1.74. The molecule has 1 N–H and O–H groups in total. The van der Waals surface area contributed by atoms with Crippen LogP contribution in [0.2, 0.25) is 0 Å². The van der Waals surface area contributed by atoms with Gasteiger partial charge in [0.15, 0.2) is 0 Å². The number of nitrogens with zero attached hydrogens (tertiary/aromatic N) is 1. The Labute approximate surface area is 158 Å². The fraction of sp³-hybridized carbons (Fsp3) is 0.400. The van der Waals surface area contributed by atoms with Gasteiger partial charge in [0.2, 0.25) is 5.91 Å². The molecule has 0 saturated carbocycles. The molecule has 0 saturated heterocycles. The van der Waals surface area contributed by atoms with Gasteiger partial charge in [-0.05, 0) is 55.0 Å². The number of hydrogen-bond donors (Lipinski definition) is 1. The molecule has 1 aromatic heterocycles. The van der Waals surface area contributed by atoms with Gasteiger partial charge in [0.1, 0.15) is 0 Å². The van der Waals surface area contributed by atoms with Crippen molar-refractivity contribution >= 4 is 28.8 Å². The minimum absolute atomic E-state index is 0.0145. The molecule has 1 aliphatic heterocycles. The first-order valence-corrected chi connectivity index (χ1v) is 9.64. The lowest BCUT2D eigenvalue weighted by molar-refractivity contribution is -0.118. The minimum Gasteiger partial charge on any atom is -0.381 e. The Morgan fingerprint density at radius 2 is 2.15 bits per heavy atom. The van der Waals surface area contributed by atoms with E-state index in [0.717, 1.165) is 18.5 Å². The summed E-state index contributed by atoms with van der Waals surface area (Å²) in [6, 6.07) is 7.57. The van der Waals surface area contributed by atoms with Gasteiger partial charge in [0.25, 0.3) is 5.91 Å². The first kappa shape index (κ1) is 18.6. The van der Waals surface area contributed by atoms with Crippen LogP contribution in [0.3, 0.4) is 0 Å². The number of methoxy groups -OCH3 is 1. The number of hydrogen-bond acceptors (Lipinski definition) is 4. The number of carbonyl (C=O) groups is 2. The molecule has 0 fully saturated rings. The molecular weight excluding hydrogens is 348 g/mol. The molecule has 26 heavy (non-hydrogen) atoms.